The van der Waals surface area contributed by atoms with E-state index in [-0.39, 0.29) is 0 Å². The molecule has 0 aliphatic heterocycles. The largest absolute Gasteiger partial charge is 0.497 e. The molecule has 0 bridgehead atoms. The second-order valence-corrected chi connectivity index (χ2v) is 6.70. The number of aliphatic hydroxyl groups excluding tert-OH is 1. The van der Waals surface area contributed by atoms with Gasteiger partial charge in [-0.25, -0.2) is 9.97 Å². The van der Waals surface area contributed by atoms with Crippen LogP contribution in [0.3, 0.4) is 0 Å². The molecule has 9 nitrogen and oxygen atoms in total. The minimum absolute atomic E-state index is 0.317. The Kier molecular flexibility index (Phi) is 5.28. The molecule has 2 aromatic carbocycles. The Morgan fingerprint density at radius 2 is 1.83 bits per heavy atom. The highest BCUT2D eigenvalue weighted by molar-refractivity contribution is 5.95. The molecule has 1 atom stereocenters. The van der Waals surface area contributed by atoms with E-state index in [1.165, 1.54) is 0 Å². The van der Waals surface area contributed by atoms with Crippen molar-refractivity contribution in [3.8, 4) is 17.2 Å². The molecule has 0 spiro atoms. The number of para-hydroxylation sites is 1. The van der Waals surface area contributed by atoms with Crippen molar-refractivity contribution in [3.63, 3.8) is 0 Å². The van der Waals surface area contributed by atoms with Crippen molar-refractivity contribution < 1.29 is 19.3 Å². The predicted octanol–water partition coefficient (Wildman–Crippen LogP) is 2.97. The Morgan fingerprint density at radius 1 is 1.03 bits per heavy atom. The fraction of sp³-hybridized carbons (Fsp3) is 0.286. The number of ether oxygens (including phenoxy) is 3. The van der Waals surface area contributed by atoms with Gasteiger partial charge in [-0.2, -0.15) is 4.52 Å². The first kappa shape index (κ1) is 19.7. The van der Waals surface area contributed by atoms with E-state index in [0.717, 1.165) is 10.9 Å². The number of aromatic nitrogens is 4. The molecule has 0 saturated carbocycles. The van der Waals surface area contributed by atoms with Gasteiger partial charge in [0.25, 0.3) is 0 Å². The maximum atomic E-state index is 9.98. The van der Waals surface area contributed by atoms with E-state index in [4.69, 9.17) is 19.2 Å². The Hall–Kier alpha value is -3.59. The van der Waals surface area contributed by atoms with Gasteiger partial charge in [0.15, 0.2) is 11.5 Å². The van der Waals surface area contributed by atoms with Crippen LogP contribution in [0.15, 0.2) is 36.4 Å². The number of fused-ring (bicyclic) bond motifs is 3. The van der Waals surface area contributed by atoms with Crippen LogP contribution in [0.2, 0.25) is 0 Å². The molecule has 30 heavy (non-hydrogen) atoms. The average Bonchev–Trinajstić information content (AvgIpc) is 3.23. The molecule has 4 rings (SSSR count). The van der Waals surface area contributed by atoms with E-state index in [9.17, 15) is 5.11 Å². The standard InChI is InChI=1S/C21H23N5O4/c1-12(27)19-24-20-15-6-5-7-16(29-3)18(15)23-21(26(20)25-19)22-11-13-8-9-14(28-2)10-17(13)30-4/h5-10,12,27H,11H2,1-4H3,(H,22,23). The second kappa shape index (κ2) is 8.03. The normalized spacial score (nSPS) is 12.2. The number of nitrogens with one attached hydrogen (secondary N) is 1. The molecule has 0 fully saturated rings. The van der Waals surface area contributed by atoms with Gasteiger partial charge in [0.2, 0.25) is 5.95 Å². The molecule has 2 aromatic heterocycles. The van der Waals surface area contributed by atoms with Gasteiger partial charge >= 0.3 is 0 Å². The van der Waals surface area contributed by atoms with Gasteiger partial charge in [-0.3, -0.25) is 0 Å². The number of methoxy groups -OCH3 is 3. The zero-order valence-corrected chi connectivity index (χ0v) is 17.2. The van der Waals surface area contributed by atoms with E-state index < -0.39 is 6.10 Å². The maximum absolute atomic E-state index is 9.98. The number of hydrogen-bond acceptors (Lipinski definition) is 8. The summed E-state index contributed by atoms with van der Waals surface area (Å²) in [6.07, 6.45) is -0.805. The van der Waals surface area contributed by atoms with Crippen LogP contribution in [-0.4, -0.2) is 46.0 Å². The smallest absolute Gasteiger partial charge is 0.226 e. The summed E-state index contributed by atoms with van der Waals surface area (Å²) < 4.78 is 17.8. The Bertz CT molecular complexity index is 1210. The van der Waals surface area contributed by atoms with E-state index in [2.05, 4.69) is 15.4 Å². The van der Waals surface area contributed by atoms with E-state index in [0.29, 0.717) is 46.7 Å². The van der Waals surface area contributed by atoms with Crippen LogP contribution in [0.1, 0.15) is 24.4 Å². The summed E-state index contributed by atoms with van der Waals surface area (Å²) in [6, 6.07) is 11.2. The van der Waals surface area contributed by atoms with Gasteiger partial charge in [-0.05, 0) is 31.2 Å². The van der Waals surface area contributed by atoms with Crippen LogP contribution in [0.5, 0.6) is 17.2 Å². The van der Waals surface area contributed by atoms with E-state index in [1.807, 2.05) is 36.4 Å². The molecule has 0 amide bonds. The number of nitrogens with zero attached hydrogens (tertiary/aromatic N) is 4. The summed E-state index contributed by atoms with van der Waals surface area (Å²) in [7, 11) is 4.82. The van der Waals surface area contributed by atoms with Crippen molar-refractivity contribution in [1.29, 1.82) is 0 Å². The van der Waals surface area contributed by atoms with Gasteiger partial charge in [0, 0.05) is 23.6 Å². The van der Waals surface area contributed by atoms with Crippen LogP contribution in [0, 0.1) is 0 Å². The third-order valence-electron chi connectivity index (χ3n) is 4.81. The minimum atomic E-state index is -0.805. The molecule has 9 heteroatoms. The van der Waals surface area contributed by atoms with Gasteiger partial charge in [-0.15, -0.1) is 5.10 Å². The predicted molar refractivity (Wildman–Crippen MR) is 112 cm³/mol. The zero-order chi connectivity index (χ0) is 21.3. The lowest BCUT2D eigenvalue weighted by molar-refractivity contribution is 0.189. The molecule has 2 heterocycles. The van der Waals surface area contributed by atoms with Crippen molar-refractivity contribution in [1.82, 2.24) is 19.6 Å². The topological polar surface area (TPSA) is 103 Å². The molecule has 1 unspecified atom stereocenters. The SMILES string of the molecule is COc1ccc(CNc2nc3c(OC)cccc3c3nc(C(C)O)nn23)c(OC)c1. The molecular formula is C21H23N5O4. The minimum Gasteiger partial charge on any atom is -0.497 e. The third-order valence-corrected chi connectivity index (χ3v) is 4.81. The molecule has 0 aliphatic rings. The van der Waals surface area contributed by atoms with Crippen LogP contribution < -0.4 is 19.5 Å². The first-order valence-electron chi connectivity index (χ1n) is 9.42. The van der Waals surface area contributed by atoms with Crippen LogP contribution in [0.4, 0.5) is 5.95 Å². The number of benzene rings is 2. The molecule has 0 radical (unpaired) electrons. The van der Waals surface area contributed by atoms with Gasteiger partial charge in [0.1, 0.15) is 28.9 Å². The highest BCUT2D eigenvalue weighted by Gasteiger charge is 2.18. The summed E-state index contributed by atoms with van der Waals surface area (Å²) in [5, 5.41) is 18.5. The van der Waals surface area contributed by atoms with Gasteiger partial charge < -0.3 is 24.6 Å². The quantitative estimate of drug-likeness (QED) is 0.480. The summed E-state index contributed by atoms with van der Waals surface area (Å²) in [6.45, 7) is 2.06. The van der Waals surface area contributed by atoms with Crippen molar-refractivity contribution in [2.45, 2.75) is 19.6 Å². The fourth-order valence-corrected chi connectivity index (χ4v) is 3.25. The van der Waals surface area contributed by atoms with Crippen molar-refractivity contribution in [2.75, 3.05) is 26.6 Å². The zero-order valence-electron chi connectivity index (χ0n) is 17.2. The third kappa shape index (κ3) is 3.43. The summed E-state index contributed by atoms with van der Waals surface area (Å²) in [4.78, 5) is 9.24. The monoisotopic (exact) mass is 409 g/mol. The van der Waals surface area contributed by atoms with Gasteiger partial charge in [0.05, 0.1) is 21.3 Å². The molecular weight excluding hydrogens is 386 g/mol. The lowest BCUT2D eigenvalue weighted by Crippen LogP contribution is -2.09. The second-order valence-electron chi connectivity index (χ2n) is 6.70. The van der Waals surface area contributed by atoms with Crippen LogP contribution in [-0.2, 0) is 6.54 Å². The van der Waals surface area contributed by atoms with Crippen molar-refractivity contribution >= 4 is 22.5 Å². The first-order chi connectivity index (χ1) is 14.5. The van der Waals surface area contributed by atoms with Crippen molar-refractivity contribution in [2.24, 2.45) is 0 Å². The lowest BCUT2D eigenvalue weighted by atomic mass is 10.2. The van der Waals surface area contributed by atoms with Crippen molar-refractivity contribution in [3.05, 3.63) is 47.8 Å². The van der Waals surface area contributed by atoms with E-state index >= 15 is 0 Å². The lowest BCUT2D eigenvalue weighted by Gasteiger charge is -2.13. The number of rotatable bonds is 7. The molecule has 156 valence electrons. The molecule has 2 N–H and O–H groups in total. The Morgan fingerprint density at radius 3 is 2.53 bits per heavy atom. The van der Waals surface area contributed by atoms with Gasteiger partial charge in [-0.1, -0.05) is 6.07 Å². The summed E-state index contributed by atoms with van der Waals surface area (Å²) >= 11 is 0. The Balaban J connectivity index is 1.81. The highest BCUT2D eigenvalue weighted by atomic mass is 16.5. The summed E-state index contributed by atoms with van der Waals surface area (Å²) in [5.74, 6) is 2.82. The molecule has 4 aromatic rings. The maximum Gasteiger partial charge on any atom is 0.226 e. The van der Waals surface area contributed by atoms with E-state index in [1.54, 1.807) is 32.8 Å². The first-order valence-corrected chi connectivity index (χ1v) is 9.42. The number of anilines is 1. The average molecular weight is 409 g/mol. The van der Waals surface area contributed by atoms with Crippen LogP contribution in [0.25, 0.3) is 16.6 Å². The Labute approximate surface area is 173 Å². The fourth-order valence-electron chi connectivity index (χ4n) is 3.25. The summed E-state index contributed by atoms with van der Waals surface area (Å²) in [5.41, 5.74) is 2.16. The highest BCUT2D eigenvalue weighted by Crippen LogP contribution is 2.30. The molecule has 0 aliphatic carbocycles. The number of hydrogen-bond donors (Lipinski definition) is 2. The number of aliphatic hydroxyl groups is 1. The van der Waals surface area contributed by atoms with Crippen LogP contribution >= 0.6 is 0 Å². The molecule has 0 saturated heterocycles.